The van der Waals surface area contributed by atoms with E-state index in [-0.39, 0.29) is 0 Å². The number of rotatable bonds is 2. The molecule has 1 saturated carbocycles. The highest BCUT2D eigenvalue weighted by molar-refractivity contribution is 5.21. The first-order chi connectivity index (χ1) is 6.88. The van der Waals surface area contributed by atoms with Gasteiger partial charge in [0.2, 0.25) is 0 Å². The van der Waals surface area contributed by atoms with E-state index in [1.807, 2.05) is 0 Å². The minimum absolute atomic E-state index is 0.454. The van der Waals surface area contributed by atoms with Gasteiger partial charge < -0.3 is 10.2 Å². The second-order valence-electron chi connectivity index (χ2n) is 4.46. The second kappa shape index (κ2) is 3.09. The van der Waals surface area contributed by atoms with Gasteiger partial charge in [0.05, 0.1) is 5.69 Å². The molecule has 1 heterocycles. The smallest absolute Gasteiger partial charge is 0.197 e. The number of aromatic nitrogens is 1. The fourth-order valence-electron chi connectivity index (χ4n) is 2.26. The van der Waals surface area contributed by atoms with Gasteiger partial charge in [-0.2, -0.15) is 0 Å². The summed E-state index contributed by atoms with van der Waals surface area (Å²) in [6.45, 7) is 0.712. The maximum atomic E-state index is 5.80. The van der Waals surface area contributed by atoms with Crippen molar-refractivity contribution in [2.24, 2.45) is 5.73 Å². The topological polar surface area (TPSA) is 52.0 Å². The van der Waals surface area contributed by atoms with E-state index in [0.29, 0.717) is 18.4 Å². The van der Waals surface area contributed by atoms with Crippen LogP contribution < -0.4 is 5.73 Å². The maximum Gasteiger partial charge on any atom is 0.197 e. The molecule has 2 aliphatic carbocycles. The molecule has 0 spiro atoms. The van der Waals surface area contributed by atoms with E-state index in [0.717, 1.165) is 18.1 Å². The Labute approximate surface area is 83.7 Å². The molecule has 1 unspecified atom stereocenters. The number of oxazole rings is 1. The lowest BCUT2D eigenvalue weighted by molar-refractivity contribution is 0.426. The highest BCUT2D eigenvalue weighted by Crippen LogP contribution is 2.42. The highest BCUT2D eigenvalue weighted by Gasteiger charge is 2.32. The summed E-state index contributed by atoms with van der Waals surface area (Å²) in [5.74, 6) is 3.18. The Hall–Kier alpha value is -0.830. The standard InChI is InChI=1S/C11H16N2O/c12-6-8-2-1-3-9-10(8)13-11(14-9)7-4-5-7/h7-8H,1-6,12H2. The minimum atomic E-state index is 0.454. The Balaban J connectivity index is 1.95. The van der Waals surface area contributed by atoms with Gasteiger partial charge in [-0.15, -0.1) is 0 Å². The van der Waals surface area contributed by atoms with Crippen LogP contribution >= 0.6 is 0 Å². The van der Waals surface area contributed by atoms with Gasteiger partial charge >= 0.3 is 0 Å². The van der Waals surface area contributed by atoms with E-state index in [9.17, 15) is 0 Å². The third-order valence-electron chi connectivity index (χ3n) is 3.30. The zero-order valence-corrected chi connectivity index (χ0v) is 8.33. The Bertz CT molecular complexity index is 341. The first-order valence-corrected chi connectivity index (χ1v) is 5.58. The molecule has 0 radical (unpaired) electrons. The number of fused-ring (bicyclic) bond motifs is 1. The van der Waals surface area contributed by atoms with E-state index in [1.54, 1.807) is 0 Å². The van der Waals surface area contributed by atoms with Crippen LogP contribution in [0.15, 0.2) is 4.42 Å². The lowest BCUT2D eigenvalue weighted by atomic mass is 9.91. The first-order valence-electron chi connectivity index (χ1n) is 5.58. The monoisotopic (exact) mass is 192 g/mol. The molecule has 1 aromatic rings. The molecule has 76 valence electrons. The number of hydrogen-bond donors (Lipinski definition) is 1. The van der Waals surface area contributed by atoms with Crippen molar-refractivity contribution in [3.05, 3.63) is 17.3 Å². The normalized spacial score (nSPS) is 26.2. The van der Waals surface area contributed by atoms with E-state index in [1.165, 1.54) is 31.4 Å². The number of nitrogens with two attached hydrogens (primary N) is 1. The van der Waals surface area contributed by atoms with Gasteiger partial charge in [0, 0.05) is 24.8 Å². The van der Waals surface area contributed by atoms with Crippen LogP contribution in [-0.2, 0) is 6.42 Å². The molecule has 0 bridgehead atoms. The van der Waals surface area contributed by atoms with Crippen LogP contribution in [0, 0.1) is 0 Å². The second-order valence-corrected chi connectivity index (χ2v) is 4.46. The minimum Gasteiger partial charge on any atom is -0.445 e. The summed E-state index contributed by atoms with van der Waals surface area (Å²) in [4.78, 5) is 4.62. The Morgan fingerprint density at radius 2 is 2.21 bits per heavy atom. The third-order valence-corrected chi connectivity index (χ3v) is 3.30. The molecule has 3 rings (SSSR count). The van der Waals surface area contributed by atoms with Crippen LogP contribution in [0.4, 0.5) is 0 Å². The van der Waals surface area contributed by atoms with Gasteiger partial charge in [0.25, 0.3) is 0 Å². The third kappa shape index (κ3) is 1.27. The summed E-state index contributed by atoms with van der Waals surface area (Å²) < 4.78 is 5.80. The van der Waals surface area contributed by atoms with Gasteiger partial charge in [-0.3, -0.25) is 0 Å². The summed E-state index contributed by atoms with van der Waals surface area (Å²) in [6, 6.07) is 0. The molecule has 0 aromatic carbocycles. The van der Waals surface area contributed by atoms with Crippen molar-refractivity contribution in [2.75, 3.05) is 6.54 Å². The van der Waals surface area contributed by atoms with Crippen LogP contribution in [0.3, 0.4) is 0 Å². The summed E-state index contributed by atoms with van der Waals surface area (Å²) in [5, 5.41) is 0. The van der Waals surface area contributed by atoms with Gasteiger partial charge in [-0.1, -0.05) is 0 Å². The lowest BCUT2D eigenvalue weighted by Gasteiger charge is -2.17. The summed E-state index contributed by atoms with van der Waals surface area (Å²) in [5.41, 5.74) is 6.90. The van der Waals surface area contributed by atoms with Crippen LogP contribution in [0.1, 0.15) is 54.9 Å². The van der Waals surface area contributed by atoms with Gasteiger partial charge in [0.15, 0.2) is 5.89 Å². The fraction of sp³-hybridized carbons (Fsp3) is 0.727. The van der Waals surface area contributed by atoms with Crippen LogP contribution in [-0.4, -0.2) is 11.5 Å². The molecular weight excluding hydrogens is 176 g/mol. The Morgan fingerprint density at radius 1 is 1.36 bits per heavy atom. The molecule has 2 aliphatic rings. The van der Waals surface area contributed by atoms with Crippen molar-refractivity contribution in [3.63, 3.8) is 0 Å². The van der Waals surface area contributed by atoms with Crippen molar-refractivity contribution in [2.45, 2.75) is 43.9 Å². The van der Waals surface area contributed by atoms with Crippen molar-refractivity contribution in [3.8, 4) is 0 Å². The molecule has 3 nitrogen and oxygen atoms in total. The van der Waals surface area contributed by atoms with Crippen LogP contribution in [0.25, 0.3) is 0 Å². The molecular formula is C11H16N2O. The van der Waals surface area contributed by atoms with E-state index in [2.05, 4.69) is 4.98 Å². The molecule has 0 amide bonds. The highest BCUT2D eigenvalue weighted by atomic mass is 16.4. The van der Waals surface area contributed by atoms with Crippen molar-refractivity contribution >= 4 is 0 Å². The van der Waals surface area contributed by atoms with Crippen molar-refractivity contribution in [1.29, 1.82) is 0 Å². The summed E-state index contributed by atoms with van der Waals surface area (Å²) in [7, 11) is 0. The average molecular weight is 192 g/mol. The van der Waals surface area contributed by atoms with Gasteiger partial charge in [-0.25, -0.2) is 4.98 Å². The number of aryl methyl sites for hydroxylation is 1. The lowest BCUT2D eigenvalue weighted by Crippen LogP contribution is -2.17. The van der Waals surface area contributed by atoms with E-state index >= 15 is 0 Å². The molecule has 2 N–H and O–H groups in total. The Kier molecular flexibility index (Phi) is 1.87. The zero-order valence-electron chi connectivity index (χ0n) is 8.33. The van der Waals surface area contributed by atoms with Crippen molar-refractivity contribution in [1.82, 2.24) is 4.98 Å². The molecule has 0 aliphatic heterocycles. The molecule has 3 heteroatoms. The number of hydrogen-bond acceptors (Lipinski definition) is 3. The zero-order chi connectivity index (χ0) is 9.54. The van der Waals surface area contributed by atoms with E-state index < -0.39 is 0 Å². The predicted octanol–water partition coefficient (Wildman–Crippen LogP) is 1.93. The summed E-state index contributed by atoms with van der Waals surface area (Å²) >= 11 is 0. The van der Waals surface area contributed by atoms with Crippen LogP contribution in [0.2, 0.25) is 0 Å². The Morgan fingerprint density at radius 3 is 2.93 bits per heavy atom. The van der Waals surface area contributed by atoms with Gasteiger partial charge in [-0.05, 0) is 25.7 Å². The fourth-order valence-corrected chi connectivity index (χ4v) is 2.26. The summed E-state index contributed by atoms with van der Waals surface area (Å²) in [6.07, 6.45) is 5.96. The van der Waals surface area contributed by atoms with E-state index in [4.69, 9.17) is 10.2 Å². The maximum absolute atomic E-state index is 5.80. The quantitative estimate of drug-likeness (QED) is 0.779. The molecule has 1 fully saturated rings. The molecule has 14 heavy (non-hydrogen) atoms. The largest absolute Gasteiger partial charge is 0.445 e. The van der Waals surface area contributed by atoms with Crippen molar-refractivity contribution < 1.29 is 4.42 Å². The average Bonchev–Trinajstić information content (AvgIpc) is 2.97. The number of nitrogens with zero attached hydrogens (tertiary/aromatic N) is 1. The van der Waals surface area contributed by atoms with Crippen LogP contribution in [0.5, 0.6) is 0 Å². The first kappa shape index (κ1) is 8.48. The van der Waals surface area contributed by atoms with Gasteiger partial charge in [0.1, 0.15) is 5.76 Å². The predicted molar refractivity (Wildman–Crippen MR) is 53.2 cm³/mol. The molecule has 1 atom stereocenters. The molecule has 1 aromatic heterocycles. The molecule has 0 saturated heterocycles. The SMILES string of the molecule is NCC1CCCc2oc(C3CC3)nc21.